The zero-order valence-electron chi connectivity index (χ0n) is 27.0. The van der Waals surface area contributed by atoms with Crippen LogP contribution in [-0.2, 0) is 19.1 Å². The summed E-state index contributed by atoms with van der Waals surface area (Å²) in [5.74, 6) is 0.892. The van der Waals surface area contributed by atoms with Gasteiger partial charge in [-0.3, -0.25) is 9.59 Å². The van der Waals surface area contributed by atoms with E-state index in [0.29, 0.717) is 30.3 Å². The zero-order chi connectivity index (χ0) is 30.9. The fourth-order valence-corrected chi connectivity index (χ4v) is 5.59. The third-order valence-electron chi connectivity index (χ3n) is 8.57. The number of hydrogen-bond donors (Lipinski definition) is 2. The van der Waals surface area contributed by atoms with Gasteiger partial charge in [0.1, 0.15) is 18.0 Å². The van der Waals surface area contributed by atoms with Crippen LogP contribution >= 0.6 is 0 Å². The van der Waals surface area contributed by atoms with Gasteiger partial charge in [0, 0.05) is 33.0 Å². The van der Waals surface area contributed by atoms with Crippen molar-refractivity contribution in [1.82, 2.24) is 0 Å². The molecule has 0 spiro atoms. The van der Waals surface area contributed by atoms with Gasteiger partial charge in [-0.15, -0.1) is 0 Å². The van der Waals surface area contributed by atoms with E-state index >= 15 is 0 Å². The molecule has 0 bridgehead atoms. The molecule has 0 aromatic carbocycles. The highest BCUT2D eigenvalue weighted by Crippen LogP contribution is 2.31. The van der Waals surface area contributed by atoms with Gasteiger partial charge in [0.05, 0.1) is 12.2 Å². The number of allylic oxidation sites excluding steroid dienone is 6. The third kappa shape index (κ3) is 14.7. The molecule has 41 heavy (non-hydrogen) atoms. The highest BCUT2D eigenvalue weighted by Gasteiger charge is 2.31. The Bertz CT molecular complexity index is 900. The van der Waals surface area contributed by atoms with Crippen LogP contribution in [0.2, 0.25) is 0 Å². The van der Waals surface area contributed by atoms with Crippen molar-refractivity contribution in [3.8, 4) is 0 Å². The fourth-order valence-electron chi connectivity index (χ4n) is 5.59. The standard InChI is InChI=1S/C35H58O6/c1-24(13-10-9-11-14-26(3)29(6)40-7)21-28(5)34(39)35(41-8)33(38)27(4)18-20-31(36)19-17-25(2)22-30-15-12-16-32(37)23-30/h9-11,13-14,18,24-25,28-30,32-33,35,37-38H,12,15-17,19-23H2,1-8H3/b11-9+,13-10+,26-14+,27-18+/t24-,25+,28-,29+,30?,32+,33-,35-/m1/s1. The molecule has 1 unspecified atom stereocenters. The molecule has 6 heteroatoms. The van der Waals surface area contributed by atoms with E-state index in [2.05, 4.69) is 19.9 Å². The smallest absolute Gasteiger partial charge is 0.167 e. The lowest BCUT2D eigenvalue weighted by molar-refractivity contribution is -0.138. The first-order valence-corrected chi connectivity index (χ1v) is 15.5. The topological polar surface area (TPSA) is 93.1 Å². The summed E-state index contributed by atoms with van der Waals surface area (Å²) >= 11 is 0. The molecular formula is C35H58O6. The number of methoxy groups -OCH3 is 2. The quantitative estimate of drug-likeness (QED) is 0.128. The Kier molecular flexibility index (Phi) is 18.2. The minimum Gasteiger partial charge on any atom is -0.393 e. The van der Waals surface area contributed by atoms with Gasteiger partial charge < -0.3 is 19.7 Å². The van der Waals surface area contributed by atoms with Crippen molar-refractivity contribution in [2.45, 2.75) is 124 Å². The molecule has 0 aliphatic heterocycles. The summed E-state index contributed by atoms with van der Waals surface area (Å²) in [7, 11) is 3.13. The molecule has 6 nitrogen and oxygen atoms in total. The van der Waals surface area contributed by atoms with E-state index in [9.17, 15) is 19.8 Å². The van der Waals surface area contributed by atoms with E-state index in [1.54, 1.807) is 20.1 Å². The van der Waals surface area contributed by atoms with Gasteiger partial charge in [0.25, 0.3) is 0 Å². The number of carbonyl (C=O) groups excluding carboxylic acids is 2. The highest BCUT2D eigenvalue weighted by molar-refractivity contribution is 5.86. The molecular weight excluding hydrogens is 516 g/mol. The molecule has 1 aliphatic rings. The first-order chi connectivity index (χ1) is 19.4. The van der Waals surface area contributed by atoms with Crippen LogP contribution in [0.4, 0.5) is 0 Å². The van der Waals surface area contributed by atoms with Crippen LogP contribution in [-0.4, -0.2) is 60.4 Å². The summed E-state index contributed by atoms with van der Waals surface area (Å²) < 4.78 is 10.7. The Morgan fingerprint density at radius 2 is 1.68 bits per heavy atom. The average Bonchev–Trinajstić information content (AvgIpc) is 2.94. The average molecular weight is 575 g/mol. The number of carbonyl (C=O) groups is 2. The molecule has 1 saturated carbocycles. The van der Waals surface area contributed by atoms with Crippen LogP contribution in [0.3, 0.4) is 0 Å². The van der Waals surface area contributed by atoms with Crippen molar-refractivity contribution >= 4 is 11.6 Å². The Labute approximate surface area is 250 Å². The van der Waals surface area contributed by atoms with E-state index in [1.807, 2.05) is 45.1 Å². The van der Waals surface area contributed by atoms with Crippen LogP contribution in [0.5, 0.6) is 0 Å². The molecule has 0 amide bonds. The largest absolute Gasteiger partial charge is 0.393 e. The number of hydrogen-bond acceptors (Lipinski definition) is 6. The van der Waals surface area contributed by atoms with Crippen molar-refractivity contribution in [1.29, 1.82) is 0 Å². The van der Waals surface area contributed by atoms with E-state index in [-0.39, 0.29) is 42.0 Å². The number of ketones is 2. The van der Waals surface area contributed by atoms with Gasteiger partial charge in [0.2, 0.25) is 0 Å². The van der Waals surface area contributed by atoms with E-state index in [4.69, 9.17) is 9.47 Å². The maximum absolute atomic E-state index is 13.1. The summed E-state index contributed by atoms with van der Waals surface area (Å²) in [5.41, 5.74) is 1.73. The predicted octanol–water partition coefficient (Wildman–Crippen LogP) is 6.95. The van der Waals surface area contributed by atoms with Gasteiger partial charge in [-0.2, -0.15) is 0 Å². The monoisotopic (exact) mass is 574 g/mol. The van der Waals surface area contributed by atoms with Crippen LogP contribution in [0.15, 0.2) is 47.6 Å². The third-order valence-corrected chi connectivity index (χ3v) is 8.57. The van der Waals surface area contributed by atoms with Crippen molar-refractivity contribution < 1.29 is 29.3 Å². The molecule has 0 aromatic heterocycles. The van der Waals surface area contributed by atoms with Gasteiger partial charge >= 0.3 is 0 Å². The highest BCUT2D eigenvalue weighted by atomic mass is 16.5. The molecule has 8 atom stereocenters. The molecule has 0 aromatic rings. The zero-order valence-corrected chi connectivity index (χ0v) is 27.0. The molecule has 234 valence electrons. The van der Waals surface area contributed by atoms with Crippen molar-refractivity contribution in [2.75, 3.05) is 14.2 Å². The number of aliphatic hydroxyl groups is 2. The van der Waals surface area contributed by atoms with Gasteiger partial charge in [-0.25, -0.2) is 0 Å². The van der Waals surface area contributed by atoms with Crippen molar-refractivity contribution in [3.63, 3.8) is 0 Å². The maximum atomic E-state index is 13.1. The number of ether oxygens (including phenoxy) is 2. The van der Waals surface area contributed by atoms with Gasteiger partial charge in [-0.05, 0) is 81.8 Å². The number of aliphatic hydroxyl groups excluding tert-OH is 2. The minimum absolute atomic E-state index is 0.0826. The molecule has 1 fully saturated rings. The fraction of sp³-hybridized carbons (Fsp3) is 0.714. The molecule has 2 N–H and O–H groups in total. The summed E-state index contributed by atoms with van der Waals surface area (Å²) in [6, 6.07) is 0. The summed E-state index contributed by atoms with van der Waals surface area (Å²) in [6.45, 7) is 11.9. The summed E-state index contributed by atoms with van der Waals surface area (Å²) in [4.78, 5) is 25.7. The molecule has 0 heterocycles. The molecule has 0 saturated heterocycles. The first-order valence-electron chi connectivity index (χ1n) is 15.5. The van der Waals surface area contributed by atoms with E-state index in [0.717, 1.165) is 37.7 Å². The maximum Gasteiger partial charge on any atom is 0.167 e. The van der Waals surface area contributed by atoms with Crippen LogP contribution in [0.1, 0.15) is 99.3 Å². The normalized spacial score (nSPS) is 23.4. The van der Waals surface area contributed by atoms with Gasteiger partial charge in [0.15, 0.2) is 5.78 Å². The predicted molar refractivity (Wildman–Crippen MR) is 168 cm³/mol. The van der Waals surface area contributed by atoms with Gasteiger partial charge in [-0.1, -0.05) is 70.1 Å². The Morgan fingerprint density at radius 3 is 2.32 bits per heavy atom. The Hall–Kier alpha value is -1.86. The second-order valence-corrected chi connectivity index (χ2v) is 12.4. The minimum atomic E-state index is -1.09. The molecule has 1 rings (SSSR count). The second kappa shape index (κ2) is 20.1. The summed E-state index contributed by atoms with van der Waals surface area (Å²) in [6.07, 6.45) is 17.0. The Morgan fingerprint density at radius 1 is 0.976 bits per heavy atom. The van der Waals surface area contributed by atoms with Crippen molar-refractivity contribution in [2.24, 2.45) is 23.7 Å². The van der Waals surface area contributed by atoms with E-state index in [1.165, 1.54) is 13.5 Å². The molecule has 0 radical (unpaired) electrons. The number of Topliss-reactive ketones (excluding diaryl/α,β-unsaturated/α-hetero) is 2. The van der Waals surface area contributed by atoms with Crippen molar-refractivity contribution in [3.05, 3.63) is 47.6 Å². The lowest BCUT2D eigenvalue weighted by atomic mass is 9.80. The Balaban J connectivity index is 2.54. The van der Waals surface area contributed by atoms with Crippen LogP contribution in [0.25, 0.3) is 0 Å². The lowest BCUT2D eigenvalue weighted by Gasteiger charge is -2.28. The second-order valence-electron chi connectivity index (χ2n) is 12.4. The van der Waals surface area contributed by atoms with Crippen LogP contribution in [0, 0.1) is 23.7 Å². The van der Waals surface area contributed by atoms with E-state index < -0.39 is 12.2 Å². The first kappa shape index (κ1) is 37.2. The summed E-state index contributed by atoms with van der Waals surface area (Å²) in [5, 5.41) is 20.8. The SMILES string of the molecule is CO[C@@H](C)/C(C)=C/C=C/C=C/[C@@H](C)C[C@@H](C)C(=O)[C@H](OC)[C@H](O)/C(C)=C/CC(=O)CC[C@H](C)CC1CCC[C@H](O)C1. The van der Waals surface area contributed by atoms with Crippen LogP contribution < -0.4 is 0 Å². The number of rotatable bonds is 19. The lowest BCUT2D eigenvalue weighted by Crippen LogP contribution is -2.40. The molecule has 1 aliphatic carbocycles.